The van der Waals surface area contributed by atoms with Gasteiger partial charge in [0.1, 0.15) is 0 Å². The van der Waals surface area contributed by atoms with Gasteiger partial charge >= 0.3 is 5.97 Å². The van der Waals surface area contributed by atoms with Crippen LogP contribution in [0.15, 0.2) is 0 Å². The molecule has 0 aliphatic heterocycles. The molecule has 0 bridgehead atoms. The Bertz CT molecular complexity index is 130. The Morgan fingerprint density at radius 1 is 1.64 bits per heavy atom. The number of alkyl halides is 1. The number of nitrogens with two attached hydrogens (primary N) is 2. The topological polar surface area (TPSA) is 89.3 Å². The van der Waals surface area contributed by atoms with E-state index in [0.717, 1.165) is 0 Å². The number of rotatable bonds is 4. The van der Waals surface area contributed by atoms with Crippen LogP contribution in [0, 0.1) is 0 Å². The summed E-state index contributed by atoms with van der Waals surface area (Å²) in [6.07, 6.45) is 0.0398. The summed E-state index contributed by atoms with van der Waals surface area (Å²) in [5.74, 6) is -4.25. The summed E-state index contributed by atoms with van der Waals surface area (Å²) in [4.78, 5) is 9.99. The summed E-state index contributed by atoms with van der Waals surface area (Å²) in [5, 5.41) is 8.13. The summed E-state index contributed by atoms with van der Waals surface area (Å²) in [7, 11) is 0. The normalized spacial score (nSPS) is 14.8. The van der Waals surface area contributed by atoms with E-state index in [1.165, 1.54) is 0 Å². The van der Waals surface area contributed by atoms with Crippen LogP contribution in [0.2, 0.25) is 0 Å². The number of aliphatic carboxylic acids is 1. The van der Waals surface area contributed by atoms with E-state index < -0.39 is 11.8 Å². The molecule has 0 fully saturated rings. The molecule has 0 aromatic carbocycles. The number of carboxylic acid groups (broad SMARTS) is 1. The Kier molecular flexibility index (Phi) is 5.83. The van der Waals surface area contributed by atoms with E-state index >= 15 is 0 Å². The second kappa shape index (κ2) is 4.97. The largest absolute Gasteiger partial charge is 0.478 e. The van der Waals surface area contributed by atoms with Gasteiger partial charge in [-0.3, -0.25) is 10.4 Å². The molecule has 5 N–H and O–H groups in total. The molecule has 6 heteroatoms. The van der Waals surface area contributed by atoms with E-state index in [2.05, 4.69) is 0 Å². The van der Waals surface area contributed by atoms with Gasteiger partial charge in [0, 0.05) is 6.42 Å². The first-order valence-corrected chi connectivity index (χ1v) is 2.92. The van der Waals surface area contributed by atoms with Crippen LogP contribution in [0.5, 0.6) is 0 Å². The summed E-state index contributed by atoms with van der Waals surface area (Å²) < 4.78 is 12.5. The number of hydrogen-bond acceptors (Lipinski definition) is 3. The summed E-state index contributed by atoms with van der Waals surface area (Å²) in [6.45, 7) is 0.246. The fourth-order valence-corrected chi connectivity index (χ4v) is 0.466. The van der Waals surface area contributed by atoms with Crippen LogP contribution < -0.4 is 11.5 Å². The third-order valence-electron chi connectivity index (χ3n) is 1.10. The smallest absolute Gasteiger partial charge is 0.356 e. The van der Waals surface area contributed by atoms with Gasteiger partial charge in [0.2, 0.25) is 0 Å². The molecule has 4 nitrogen and oxygen atoms in total. The number of halogens is 2. The molecular weight excluding hydrogens is 158 g/mol. The summed E-state index contributed by atoms with van der Waals surface area (Å²) in [5.41, 5.74) is 9.74. The van der Waals surface area contributed by atoms with Gasteiger partial charge in [0.15, 0.2) is 0 Å². The van der Waals surface area contributed by atoms with Gasteiger partial charge in [-0.1, -0.05) is 0 Å². The fourth-order valence-electron chi connectivity index (χ4n) is 0.466. The highest BCUT2D eigenvalue weighted by Crippen LogP contribution is 2.10. The first-order valence-electron chi connectivity index (χ1n) is 2.92. The molecule has 0 aromatic rings. The Morgan fingerprint density at radius 2 is 2.09 bits per heavy atom. The van der Waals surface area contributed by atoms with Crippen molar-refractivity contribution >= 4 is 5.97 Å². The molecule has 1 atom stereocenters. The molecular formula is C5H12F2N2O2. The molecule has 68 valence electrons. The SMILES string of the molecule is F.NCCCC(N)(F)C(=O)O. The molecule has 0 saturated heterocycles. The average Bonchev–Trinajstić information content (AvgIpc) is 1.84. The van der Waals surface area contributed by atoms with Gasteiger partial charge in [0.25, 0.3) is 5.79 Å². The maximum Gasteiger partial charge on any atom is 0.356 e. The average molecular weight is 170 g/mol. The van der Waals surface area contributed by atoms with Crippen molar-refractivity contribution in [1.82, 2.24) is 0 Å². The zero-order valence-electron chi connectivity index (χ0n) is 5.92. The maximum atomic E-state index is 12.5. The molecule has 0 saturated carbocycles. The molecule has 0 heterocycles. The molecule has 0 amide bonds. The van der Waals surface area contributed by atoms with Crippen molar-refractivity contribution in [2.75, 3.05) is 6.54 Å². The lowest BCUT2D eigenvalue weighted by Crippen LogP contribution is -2.43. The number of carbonyl (C=O) groups is 1. The molecule has 0 radical (unpaired) electrons. The zero-order valence-corrected chi connectivity index (χ0v) is 5.92. The van der Waals surface area contributed by atoms with Gasteiger partial charge in [0.05, 0.1) is 0 Å². The number of carboxylic acids is 1. The third kappa shape index (κ3) is 4.63. The second-order valence-electron chi connectivity index (χ2n) is 2.06. The highest BCUT2D eigenvalue weighted by atomic mass is 19.1. The van der Waals surface area contributed by atoms with Gasteiger partial charge in [-0.2, -0.15) is 0 Å². The Labute approximate surface area is 62.7 Å². The van der Waals surface area contributed by atoms with Crippen molar-refractivity contribution in [3.63, 3.8) is 0 Å². The van der Waals surface area contributed by atoms with Gasteiger partial charge in [-0.25, -0.2) is 9.18 Å². The zero-order chi connectivity index (χ0) is 8.20. The predicted octanol–water partition coefficient (Wildman–Crippen LogP) is -0.413. The predicted molar refractivity (Wildman–Crippen MR) is 36.5 cm³/mol. The van der Waals surface area contributed by atoms with Gasteiger partial charge in [-0.15, -0.1) is 0 Å². The lowest BCUT2D eigenvalue weighted by atomic mass is 10.1. The first-order chi connectivity index (χ1) is 4.50. The van der Waals surface area contributed by atoms with Crippen LogP contribution in [0.1, 0.15) is 12.8 Å². The van der Waals surface area contributed by atoms with Crippen molar-refractivity contribution in [3.8, 4) is 0 Å². The molecule has 1 unspecified atom stereocenters. The Morgan fingerprint density at radius 3 is 2.36 bits per heavy atom. The highest BCUT2D eigenvalue weighted by molar-refractivity contribution is 5.76. The van der Waals surface area contributed by atoms with Crippen molar-refractivity contribution in [2.45, 2.75) is 18.6 Å². The van der Waals surface area contributed by atoms with E-state index in [1.807, 2.05) is 0 Å². The minimum Gasteiger partial charge on any atom is -0.478 e. The van der Waals surface area contributed by atoms with E-state index in [1.54, 1.807) is 0 Å². The van der Waals surface area contributed by atoms with E-state index in [4.69, 9.17) is 16.6 Å². The van der Waals surface area contributed by atoms with Crippen molar-refractivity contribution in [3.05, 3.63) is 0 Å². The monoisotopic (exact) mass is 170 g/mol. The van der Waals surface area contributed by atoms with Crippen LogP contribution in [-0.2, 0) is 4.79 Å². The lowest BCUT2D eigenvalue weighted by Gasteiger charge is -2.12. The van der Waals surface area contributed by atoms with E-state index in [0.29, 0.717) is 0 Å². The van der Waals surface area contributed by atoms with Crippen LogP contribution in [0.4, 0.5) is 9.09 Å². The van der Waals surface area contributed by atoms with Crippen molar-refractivity contribution in [1.29, 1.82) is 0 Å². The van der Waals surface area contributed by atoms with Crippen LogP contribution in [0.3, 0.4) is 0 Å². The lowest BCUT2D eigenvalue weighted by molar-refractivity contribution is -0.151. The molecule has 0 aliphatic rings. The third-order valence-corrected chi connectivity index (χ3v) is 1.10. The highest BCUT2D eigenvalue weighted by Gasteiger charge is 2.32. The summed E-state index contributed by atoms with van der Waals surface area (Å²) >= 11 is 0. The second-order valence-corrected chi connectivity index (χ2v) is 2.06. The standard InChI is InChI=1S/C5H11FN2O2.FH/c6-5(8,4(9)10)2-1-3-7;/h1-3,7-8H2,(H,9,10);1H. The van der Waals surface area contributed by atoms with E-state index in [-0.39, 0.29) is 24.1 Å². The summed E-state index contributed by atoms with van der Waals surface area (Å²) in [6, 6.07) is 0. The van der Waals surface area contributed by atoms with Crippen LogP contribution in [0.25, 0.3) is 0 Å². The quantitative estimate of drug-likeness (QED) is 0.500. The van der Waals surface area contributed by atoms with Crippen molar-refractivity contribution in [2.24, 2.45) is 11.5 Å². The number of hydrogen-bond donors (Lipinski definition) is 3. The van der Waals surface area contributed by atoms with Gasteiger partial charge in [-0.05, 0) is 13.0 Å². The Hall–Kier alpha value is -0.750. The first kappa shape index (κ1) is 12.9. The molecule has 11 heavy (non-hydrogen) atoms. The van der Waals surface area contributed by atoms with Crippen molar-refractivity contribution < 1.29 is 19.0 Å². The molecule has 0 rings (SSSR count). The van der Waals surface area contributed by atoms with Crippen LogP contribution in [-0.4, -0.2) is 23.4 Å². The fraction of sp³-hybridized carbons (Fsp3) is 0.800. The molecule has 0 aromatic heterocycles. The van der Waals surface area contributed by atoms with Crippen LogP contribution >= 0.6 is 0 Å². The maximum absolute atomic E-state index is 12.5. The van der Waals surface area contributed by atoms with E-state index in [9.17, 15) is 9.18 Å². The molecule has 0 spiro atoms. The molecule has 0 aliphatic carbocycles. The minimum atomic E-state index is -2.61. The Balaban J connectivity index is 0. The minimum absolute atomic E-state index is 0. The van der Waals surface area contributed by atoms with Gasteiger partial charge < -0.3 is 10.8 Å².